The number of guanidine groups is 1. The first-order chi connectivity index (χ1) is 15.6. The number of nitrogens with zero attached hydrogens (tertiary/aromatic N) is 3. The number of nitrogen functional groups attached to an aromatic ring is 1. The van der Waals surface area contributed by atoms with Crippen LogP contribution in [0, 0.1) is 6.92 Å². The molecule has 0 atom stereocenters. The summed E-state index contributed by atoms with van der Waals surface area (Å²) in [6, 6.07) is 9.34. The number of anilines is 1. The Labute approximate surface area is 188 Å². The average molecular weight is 474 g/mol. The first kappa shape index (κ1) is 23.5. The third kappa shape index (κ3) is 5.03. The topological polar surface area (TPSA) is 198 Å². The molecule has 7 N–H and O–H groups in total. The van der Waals surface area contributed by atoms with Crippen molar-refractivity contribution >= 4 is 38.3 Å². The number of aryl methyl sites for hydroxylation is 1. The molecule has 0 fully saturated rings. The van der Waals surface area contributed by atoms with E-state index >= 15 is 0 Å². The van der Waals surface area contributed by atoms with Crippen molar-refractivity contribution in [2.45, 2.75) is 23.3 Å². The molecule has 13 heteroatoms. The molecule has 1 aromatic carbocycles. The van der Waals surface area contributed by atoms with Crippen molar-refractivity contribution in [3.63, 3.8) is 0 Å². The molecule has 0 bridgehead atoms. The number of para-hydroxylation sites is 1. The van der Waals surface area contributed by atoms with E-state index in [4.69, 9.17) is 22.0 Å². The molecule has 0 radical (unpaired) electrons. The number of rotatable bonds is 8. The van der Waals surface area contributed by atoms with Crippen LogP contribution in [0.1, 0.15) is 5.69 Å². The third-order valence-corrected chi connectivity index (χ3v) is 6.49. The fraction of sp³-hybridized carbons (Fsp3) is 0.200. The summed E-state index contributed by atoms with van der Waals surface area (Å²) in [4.78, 5) is 33.6. The molecule has 2 heterocycles. The number of oxime groups is 1. The van der Waals surface area contributed by atoms with Crippen LogP contribution in [0.15, 0.2) is 62.3 Å². The van der Waals surface area contributed by atoms with Gasteiger partial charge in [0.1, 0.15) is 13.2 Å². The van der Waals surface area contributed by atoms with E-state index in [1.54, 1.807) is 31.2 Å². The Morgan fingerprint density at radius 3 is 2.70 bits per heavy atom. The standard InChI is InChI=1S/C20H23N7O5S/c1-12-10-14(21)18(19(29)27(12)11-16(28)24-8-9-32-26-20(22)23)33(30,31)15-6-2-4-13-5-3-7-25-17(13)15/h2-7,10H,8-9,11,21H2,1H3,(H,24,28)(H4,22,23,26). The molecule has 2 aromatic heterocycles. The zero-order valence-electron chi connectivity index (χ0n) is 17.7. The predicted molar refractivity (Wildman–Crippen MR) is 122 cm³/mol. The number of nitrogens with one attached hydrogen (secondary N) is 1. The van der Waals surface area contributed by atoms with Gasteiger partial charge in [-0.15, -0.1) is 0 Å². The number of hydrogen-bond donors (Lipinski definition) is 4. The predicted octanol–water partition coefficient (Wildman–Crippen LogP) is -0.559. The molecular weight excluding hydrogens is 450 g/mol. The highest BCUT2D eigenvalue weighted by molar-refractivity contribution is 7.91. The molecule has 0 aliphatic heterocycles. The number of benzene rings is 1. The lowest BCUT2D eigenvalue weighted by atomic mass is 10.2. The Balaban J connectivity index is 1.95. The van der Waals surface area contributed by atoms with E-state index in [1.807, 2.05) is 0 Å². The SMILES string of the molecule is Cc1cc(N)c(S(=O)(=O)c2cccc3cccnc23)c(=O)n1CC(=O)NCCON=C(N)N. The molecule has 3 aromatic rings. The number of aromatic nitrogens is 2. The molecular formula is C20H23N7O5S. The summed E-state index contributed by atoms with van der Waals surface area (Å²) in [7, 11) is -4.35. The fourth-order valence-electron chi connectivity index (χ4n) is 3.20. The Morgan fingerprint density at radius 1 is 1.24 bits per heavy atom. The summed E-state index contributed by atoms with van der Waals surface area (Å²) < 4.78 is 27.9. The number of carbonyl (C=O) groups is 1. The first-order valence-electron chi connectivity index (χ1n) is 9.69. The lowest BCUT2D eigenvalue weighted by molar-refractivity contribution is -0.122. The van der Waals surface area contributed by atoms with Crippen molar-refractivity contribution in [1.82, 2.24) is 14.9 Å². The van der Waals surface area contributed by atoms with Crippen LogP contribution in [0.25, 0.3) is 10.9 Å². The monoisotopic (exact) mass is 473 g/mol. The smallest absolute Gasteiger partial charge is 0.272 e. The number of carbonyl (C=O) groups excluding carboxylic acids is 1. The van der Waals surface area contributed by atoms with Gasteiger partial charge in [0.05, 0.1) is 22.6 Å². The molecule has 174 valence electrons. The van der Waals surface area contributed by atoms with Crippen LogP contribution in [-0.4, -0.2) is 43.0 Å². The van der Waals surface area contributed by atoms with E-state index in [2.05, 4.69) is 15.5 Å². The van der Waals surface area contributed by atoms with Crippen LogP contribution in [0.4, 0.5) is 5.69 Å². The second-order valence-electron chi connectivity index (χ2n) is 7.00. The summed E-state index contributed by atoms with van der Waals surface area (Å²) in [6.07, 6.45) is 1.46. The molecule has 0 unspecified atom stereocenters. The van der Waals surface area contributed by atoms with Gasteiger partial charge in [0, 0.05) is 17.3 Å². The zero-order chi connectivity index (χ0) is 24.2. The number of hydrogen-bond acceptors (Lipinski definition) is 8. The van der Waals surface area contributed by atoms with E-state index in [9.17, 15) is 18.0 Å². The van der Waals surface area contributed by atoms with Crippen LogP contribution in [0.2, 0.25) is 0 Å². The Hall–Kier alpha value is -4.13. The van der Waals surface area contributed by atoms with E-state index in [1.165, 1.54) is 18.3 Å². The highest BCUT2D eigenvalue weighted by atomic mass is 32.2. The second kappa shape index (κ2) is 9.56. The molecule has 33 heavy (non-hydrogen) atoms. The minimum atomic E-state index is -4.35. The van der Waals surface area contributed by atoms with Gasteiger partial charge in [0.2, 0.25) is 21.7 Å². The van der Waals surface area contributed by atoms with Crippen LogP contribution in [0.5, 0.6) is 0 Å². The summed E-state index contributed by atoms with van der Waals surface area (Å²) in [5.74, 6) is -0.811. The van der Waals surface area contributed by atoms with Gasteiger partial charge in [-0.1, -0.05) is 18.2 Å². The highest BCUT2D eigenvalue weighted by Gasteiger charge is 2.29. The quantitative estimate of drug-likeness (QED) is 0.143. The zero-order valence-corrected chi connectivity index (χ0v) is 18.5. The van der Waals surface area contributed by atoms with Gasteiger partial charge in [-0.25, -0.2) is 8.42 Å². The normalized spacial score (nSPS) is 11.2. The third-order valence-electron chi connectivity index (χ3n) is 4.63. The summed E-state index contributed by atoms with van der Waals surface area (Å²) >= 11 is 0. The molecule has 12 nitrogen and oxygen atoms in total. The highest BCUT2D eigenvalue weighted by Crippen LogP contribution is 2.28. The lowest BCUT2D eigenvalue weighted by Gasteiger charge is -2.15. The molecule has 1 amide bonds. The van der Waals surface area contributed by atoms with Crippen molar-refractivity contribution in [2.75, 3.05) is 18.9 Å². The maximum atomic E-state index is 13.5. The number of pyridine rings is 2. The number of amides is 1. The van der Waals surface area contributed by atoms with Gasteiger partial charge < -0.3 is 31.9 Å². The Bertz CT molecular complexity index is 1390. The van der Waals surface area contributed by atoms with Crippen molar-refractivity contribution in [3.05, 3.63) is 58.6 Å². The number of sulfone groups is 1. The largest absolute Gasteiger partial charge is 0.397 e. The Kier molecular flexibility index (Phi) is 6.82. The minimum absolute atomic E-state index is 0.00697. The van der Waals surface area contributed by atoms with Crippen LogP contribution in [-0.2, 0) is 26.0 Å². The molecule has 0 aliphatic rings. The van der Waals surface area contributed by atoms with E-state index < -0.39 is 32.7 Å². The van der Waals surface area contributed by atoms with E-state index in [0.29, 0.717) is 11.1 Å². The molecule has 3 rings (SSSR count). The van der Waals surface area contributed by atoms with Crippen molar-refractivity contribution in [3.8, 4) is 0 Å². The molecule has 0 saturated carbocycles. The number of nitrogens with two attached hydrogens (primary N) is 3. The van der Waals surface area contributed by atoms with E-state index in [-0.39, 0.29) is 35.2 Å². The van der Waals surface area contributed by atoms with Gasteiger partial charge >= 0.3 is 0 Å². The summed E-state index contributed by atoms with van der Waals surface area (Å²) in [6.45, 7) is 1.17. The second-order valence-corrected chi connectivity index (χ2v) is 8.85. The molecule has 0 saturated heterocycles. The lowest BCUT2D eigenvalue weighted by Crippen LogP contribution is -2.37. The van der Waals surface area contributed by atoms with Crippen molar-refractivity contribution in [2.24, 2.45) is 16.6 Å². The van der Waals surface area contributed by atoms with Gasteiger partial charge in [-0.3, -0.25) is 14.6 Å². The van der Waals surface area contributed by atoms with Crippen molar-refractivity contribution in [1.29, 1.82) is 0 Å². The van der Waals surface area contributed by atoms with Gasteiger partial charge in [-0.2, -0.15) is 0 Å². The fourth-order valence-corrected chi connectivity index (χ4v) is 4.81. The van der Waals surface area contributed by atoms with Crippen LogP contribution < -0.4 is 28.1 Å². The molecule has 0 aliphatic carbocycles. The Morgan fingerprint density at radius 2 is 1.97 bits per heavy atom. The van der Waals surface area contributed by atoms with E-state index in [0.717, 1.165) is 4.57 Å². The van der Waals surface area contributed by atoms with Gasteiger partial charge in [0.15, 0.2) is 4.90 Å². The minimum Gasteiger partial charge on any atom is -0.397 e. The maximum absolute atomic E-state index is 13.5. The molecule has 0 spiro atoms. The number of fused-ring (bicyclic) bond motifs is 1. The summed E-state index contributed by atoms with van der Waals surface area (Å²) in [5.41, 5.74) is 15.6. The van der Waals surface area contributed by atoms with Gasteiger partial charge in [-0.05, 0) is 30.3 Å². The van der Waals surface area contributed by atoms with Gasteiger partial charge in [0.25, 0.3) is 5.56 Å². The maximum Gasteiger partial charge on any atom is 0.272 e. The first-order valence-corrected chi connectivity index (χ1v) is 11.2. The van der Waals surface area contributed by atoms with Crippen LogP contribution in [0.3, 0.4) is 0 Å². The van der Waals surface area contributed by atoms with Crippen LogP contribution >= 0.6 is 0 Å². The van der Waals surface area contributed by atoms with Crippen molar-refractivity contribution < 1.29 is 18.0 Å². The average Bonchev–Trinajstić information content (AvgIpc) is 2.75. The summed E-state index contributed by atoms with van der Waals surface area (Å²) in [5, 5.41) is 6.42.